The first-order valence-electron chi connectivity index (χ1n) is 10.1. The number of hydrogen-bond acceptors (Lipinski definition) is 3. The van der Waals surface area contributed by atoms with E-state index in [1.807, 2.05) is 6.92 Å². The van der Waals surface area contributed by atoms with Gasteiger partial charge in [0.25, 0.3) is 6.47 Å². The van der Waals surface area contributed by atoms with Gasteiger partial charge in [-0.2, -0.15) is 0 Å². The van der Waals surface area contributed by atoms with Gasteiger partial charge in [-0.25, -0.2) is 12.8 Å². The van der Waals surface area contributed by atoms with Gasteiger partial charge in [0.15, 0.2) is 0 Å². The van der Waals surface area contributed by atoms with Crippen LogP contribution in [0, 0.1) is 12.7 Å². The number of carboxylic acid groups (broad SMARTS) is 1. The van der Waals surface area contributed by atoms with Crippen LogP contribution in [0.1, 0.15) is 18.1 Å². The van der Waals surface area contributed by atoms with Gasteiger partial charge in [0.1, 0.15) is 5.82 Å². The number of aryl methyl sites for hydroxylation is 1. The standard InChI is InChI=1S/C25H20ClFO2S.CH2O2/c1-3-17-14-19-4-9-21(27)15-24(19)25(16(17)2)18-5-10-22(11-6-18)30(28,29)23-12-7-20(26)8-13-23;2-1-3/h4-15H,3H2,1-2H3;1H,(H,2,3). The molecular weight excluding hydrogens is 463 g/mol. The van der Waals surface area contributed by atoms with E-state index in [0.717, 1.165) is 33.9 Å². The van der Waals surface area contributed by atoms with E-state index in [1.54, 1.807) is 42.5 Å². The molecule has 0 heterocycles. The predicted molar refractivity (Wildman–Crippen MR) is 129 cm³/mol. The topological polar surface area (TPSA) is 71.4 Å². The van der Waals surface area contributed by atoms with E-state index in [4.69, 9.17) is 21.5 Å². The van der Waals surface area contributed by atoms with E-state index in [9.17, 15) is 12.8 Å². The molecule has 0 saturated heterocycles. The molecule has 0 atom stereocenters. The van der Waals surface area contributed by atoms with Crippen LogP contribution in [0.5, 0.6) is 0 Å². The van der Waals surface area contributed by atoms with Gasteiger partial charge in [0.2, 0.25) is 9.84 Å². The number of benzene rings is 4. The average molecular weight is 485 g/mol. The van der Waals surface area contributed by atoms with Crippen LogP contribution >= 0.6 is 11.6 Å². The van der Waals surface area contributed by atoms with Gasteiger partial charge in [-0.05, 0) is 94.9 Å². The third kappa shape index (κ3) is 5.07. The van der Waals surface area contributed by atoms with E-state index in [0.29, 0.717) is 5.02 Å². The Labute approximate surface area is 197 Å². The van der Waals surface area contributed by atoms with Gasteiger partial charge in [-0.3, -0.25) is 4.79 Å². The molecule has 170 valence electrons. The van der Waals surface area contributed by atoms with Crippen molar-refractivity contribution in [2.24, 2.45) is 0 Å². The first kappa shape index (κ1) is 24.4. The summed E-state index contributed by atoms with van der Waals surface area (Å²) in [5.41, 5.74) is 4.04. The first-order valence-corrected chi connectivity index (χ1v) is 12.0. The minimum atomic E-state index is -3.65. The van der Waals surface area contributed by atoms with Gasteiger partial charge in [0, 0.05) is 5.02 Å². The highest BCUT2D eigenvalue weighted by atomic mass is 35.5. The largest absolute Gasteiger partial charge is 0.483 e. The molecular formula is C26H22ClFO4S. The molecule has 0 aliphatic rings. The van der Waals surface area contributed by atoms with Gasteiger partial charge in [-0.15, -0.1) is 0 Å². The quantitative estimate of drug-likeness (QED) is 0.327. The number of sulfone groups is 1. The third-order valence-electron chi connectivity index (χ3n) is 5.43. The van der Waals surface area contributed by atoms with Crippen LogP contribution in [-0.2, 0) is 21.1 Å². The number of rotatable bonds is 4. The number of halogens is 2. The van der Waals surface area contributed by atoms with Crippen LogP contribution in [0.3, 0.4) is 0 Å². The monoisotopic (exact) mass is 484 g/mol. The summed E-state index contributed by atoms with van der Waals surface area (Å²) in [5, 5.41) is 9.15. The Morgan fingerprint density at radius 3 is 2.03 bits per heavy atom. The maximum Gasteiger partial charge on any atom is 0.290 e. The van der Waals surface area contributed by atoms with Crippen molar-refractivity contribution in [2.45, 2.75) is 30.1 Å². The zero-order chi connectivity index (χ0) is 24.2. The Hall–Kier alpha value is -3.22. The Bertz CT molecular complexity index is 1400. The van der Waals surface area contributed by atoms with Crippen LogP contribution in [0.25, 0.3) is 21.9 Å². The third-order valence-corrected chi connectivity index (χ3v) is 7.47. The van der Waals surface area contributed by atoms with Gasteiger partial charge < -0.3 is 5.11 Å². The molecule has 0 fully saturated rings. The Morgan fingerprint density at radius 1 is 0.939 bits per heavy atom. The molecule has 33 heavy (non-hydrogen) atoms. The van der Waals surface area contributed by atoms with E-state index in [1.165, 1.54) is 29.8 Å². The number of carbonyl (C=O) groups is 1. The lowest BCUT2D eigenvalue weighted by Crippen LogP contribution is -2.02. The molecule has 0 aromatic heterocycles. The molecule has 1 N–H and O–H groups in total. The van der Waals surface area contributed by atoms with Gasteiger partial charge in [0.05, 0.1) is 9.79 Å². The van der Waals surface area contributed by atoms with Crippen LogP contribution in [0.15, 0.2) is 82.6 Å². The minimum Gasteiger partial charge on any atom is -0.483 e. The summed E-state index contributed by atoms with van der Waals surface area (Å²) in [5.74, 6) is -0.297. The Morgan fingerprint density at radius 2 is 1.48 bits per heavy atom. The fraction of sp³-hybridized carbons (Fsp3) is 0.115. The SMILES string of the molecule is CCc1cc2ccc(F)cc2c(-c2ccc(S(=O)(=O)c3ccc(Cl)cc3)cc2)c1C.O=CO. The molecule has 0 bridgehead atoms. The summed E-state index contributed by atoms with van der Waals surface area (Å²) in [4.78, 5) is 8.75. The lowest BCUT2D eigenvalue weighted by Gasteiger charge is -2.16. The van der Waals surface area contributed by atoms with E-state index in [2.05, 4.69) is 13.0 Å². The highest BCUT2D eigenvalue weighted by Crippen LogP contribution is 2.36. The minimum absolute atomic E-state index is 0.191. The number of fused-ring (bicyclic) bond motifs is 1. The molecule has 4 rings (SSSR count). The van der Waals surface area contributed by atoms with Crippen molar-refractivity contribution in [3.63, 3.8) is 0 Å². The molecule has 0 radical (unpaired) electrons. The second-order valence-corrected chi connectivity index (χ2v) is 9.73. The summed E-state index contributed by atoms with van der Waals surface area (Å²) in [6.07, 6.45) is 0.856. The van der Waals surface area contributed by atoms with E-state index >= 15 is 0 Å². The summed E-state index contributed by atoms with van der Waals surface area (Å²) < 4.78 is 39.8. The molecule has 4 aromatic rings. The van der Waals surface area contributed by atoms with Crippen LogP contribution < -0.4 is 0 Å². The second-order valence-electron chi connectivity index (χ2n) is 7.34. The van der Waals surface area contributed by atoms with Gasteiger partial charge >= 0.3 is 0 Å². The zero-order valence-corrected chi connectivity index (χ0v) is 19.6. The normalized spacial score (nSPS) is 11.0. The van der Waals surface area contributed by atoms with Crippen molar-refractivity contribution >= 4 is 38.7 Å². The van der Waals surface area contributed by atoms with Crippen LogP contribution in [0.2, 0.25) is 5.02 Å². The first-order chi connectivity index (χ1) is 15.7. The summed E-state index contributed by atoms with van der Waals surface area (Å²) >= 11 is 5.87. The summed E-state index contributed by atoms with van der Waals surface area (Å²) in [6, 6.07) is 19.8. The Balaban J connectivity index is 0.000000968. The van der Waals surface area contributed by atoms with Crippen LogP contribution in [0.4, 0.5) is 4.39 Å². The van der Waals surface area contributed by atoms with Crippen molar-refractivity contribution in [2.75, 3.05) is 0 Å². The predicted octanol–water partition coefficient (Wildman–Crippen LogP) is 6.70. The second kappa shape index (κ2) is 10.1. The van der Waals surface area contributed by atoms with Crippen molar-refractivity contribution in [1.82, 2.24) is 0 Å². The van der Waals surface area contributed by atoms with Crippen LogP contribution in [-0.4, -0.2) is 20.0 Å². The molecule has 0 spiro atoms. The Kier molecular flexibility index (Phi) is 7.51. The molecule has 0 saturated carbocycles. The maximum absolute atomic E-state index is 14.0. The maximum atomic E-state index is 14.0. The number of hydrogen-bond donors (Lipinski definition) is 1. The highest BCUT2D eigenvalue weighted by molar-refractivity contribution is 7.91. The molecule has 7 heteroatoms. The van der Waals surface area contributed by atoms with Crippen molar-refractivity contribution < 1.29 is 22.7 Å². The van der Waals surface area contributed by atoms with E-state index in [-0.39, 0.29) is 22.1 Å². The fourth-order valence-corrected chi connectivity index (χ4v) is 5.21. The molecule has 0 unspecified atom stereocenters. The van der Waals surface area contributed by atoms with Crippen molar-refractivity contribution in [3.8, 4) is 11.1 Å². The molecule has 0 aliphatic carbocycles. The lowest BCUT2D eigenvalue weighted by molar-refractivity contribution is -0.122. The molecule has 4 nitrogen and oxygen atoms in total. The molecule has 0 aliphatic heterocycles. The molecule has 0 amide bonds. The highest BCUT2D eigenvalue weighted by Gasteiger charge is 2.18. The summed E-state index contributed by atoms with van der Waals surface area (Å²) in [7, 11) is -3.65. The smallest absolute Gasteiger partial charge is 0.290 e. The average Bonchev–Trinajstić information content (AvgIpc) is 2.80. The summed E-state index contributed by atoms with van der Waals surface area (Å²) in [6.45, 7) is 3.86. The van der Waals surface area contributed by atoms with Crippen molar-refractivity contribution in [1.29, 1.82) is 0 Å². The van der Waals surface area contributed by atoms with Crippen molar-refractivity contribution in [3.05, 3.63) is 94.8 Å². The fourth-order valence-electron chi connectivity index (χ4n) is 3.82. The van der Waals surface area contributed by atoms with Gasteiger partial charge in [-0.1, -0.05) is 42.8 Å². The molecule has 4 aromatic carbocycles. The van der Waals surface area contributed by atoms with E-state index < -0.39 is 9.84 Å². The zero-order valence-electron chi connectivity index (χ0n) is 18.0. The lowest BCUT2D eigenvalue weighted by atomic mass is 9.89.